The van der Waals surface area contributed by atoms with Gasteiger partial charge in [0.05, 0.1) is 6.04 Å². The van der Waals surface area contributed by atoms with Gasteiger partial charge in [-0.1, -0.05) is 12.1 Å². The number of carbonyl (C=O) groups excluding carboxylic acids is 1. The molecule has 0 aliphatic rings. The monoisotopic (exact) mass is 278 g/mol. The highest BCUT2D eigenvalue weighted by Crippen LogP contribution is 2.25. The van der Waals surface area contributed by atoms with Crippen LogP contribution in [-0.2, 0) is 4.79 Å². The van der Waals surface area contributed by atoms with Crippen LogP contribution in [0.25, 0.3) is 0 Å². The number of aromatic hydroxyl groups is 1. The van der Waals surface area contributed by atoms with E-state index < -0.39 is 0 Å². The largest absolute Gasteiger partial charge is 0.508 e. The van der Waals surface area contributed by atoms with Crippen LogP contribution in [-0.4, -0.2) is 22.6 Å². The molecular formula is C16H26N2O2. The highest BCUT2D eigenvalue weighted by molar-refractivity contribution is 5.82. The maximum Gasteiger partial charge on any atom is 0.237 e. The van der Waals surface area contributed by atoms with Crippen LogP contribution in [0.4, 0.5) is 0 Å². The van der Waals surface area contributed by atoms with Crippen molar-refractivity contribution in [2.75, 3.05) is 0 Å². The van der Waals surface area contributed by atoms with Crippen LogP contribution in [0, 0.1) is 6.92 Å². The van der Waals surface area contributed by atoms with Gasteiger partial charge in [-0.2, -0.15) is 0 Å². The summed E-state index contributed by atoms with van der Waals surface area (Å²) in [6.45, 7) is 11.5. The van der Waals surface area contributed by atoms with Gasteiger partial charge in [-0.25, -0.2) is 0 Å². The number of rotatable bonds is 4. The number of phenols is 1. The summed E-state index contributed by atoms with van der Waals surface area (Å²) in [6.07, 6.45) is 0. The second-order valence-corrected chi connectivity index (χ2v) is 6.41. The molecule has 1 aromatic carbocycles. The average molecular weight is 278 g/mol. The normalized spacial score (nSPS) is 14.7. The molecule has 4 heteroatoms. The summed E-state index contributed by atoms with van der Waals surface area (Å²) in [5.41, 5.74) is 1.56. The third-order valence-electron chi connectivity index (χ3n) is 3.04. The Balaban J connectivity index is 2.70. The lowest BCUT2D eigenvalue weighted by Gasteiger charge is -2.26. The third kappa shape index (κ3) is 4.85. The standard InChI is InChI=1S/C16H26N2O2/c1-10-7-8-13(14(19)9-10)11(2)17-12(3)15(20)18-16(4,5)6/h7-9,11-12,17,19H,1-6H3,(H,18,20). The van der Waals surface area contributed by atoms with Gasteiger partial charge in [-0.05, 0) is 53.2 Å². The van der Waals surface area contributed by atoms with Crippen molar-refractivity contribution in [3.63, 3.8) is 0 Å². The molecule has 4 nitrogen and oxygen atoms in total. The fourth-order valence-electron chi connectivity index (χ4n) is 2.04. The third-order valence-corrected chi connectivity index (χ3v) is 3.04. The molecule has 2 atom stereocenters. The van der Waals surface area contributed by atoms with Gasteiger partial charge in [0.25, 0.3) is 0 Å². The van der Waals surface area contributed by atoms with E-state index in [4.69, 9.17) is 0 Å². The van der Waals surface area contributed by atoms with Gasteiger partial charge in [0, 0.05) is 17.1 Å². The fourth-order valence-corrected chi connectivity index (χ4v) is 2.04. The number of amides is 1. The van der Waals surface area contributed by atoms with Crippen LogP contribution >= 0.6 is 0 Å². The zero-order valence-electron chi connectivity index (χ0n) is 13.2. The molecule has 0 aliphatic carbocycles. The van der Waals surface area contributed by atoms with Gasteiger partial charge in [0.2, 0.25) is 5.91 Å². The molecule has 0 radical (unpaired) electrons. The number of hydrogen-bond acceptors (Lipinski definition) is 3. The lowest BCUT2D eigenvalue weighted by molar-refractivity contribution is -0.124. The van der Waals surface area contributed by atoms with Crippen LogP contribution in [0.15, 0.2) is 18.2 Å². The molecule has 1 aromatic rings. The molecule has 0 fully saturated rings. The van der Waals surface area contributed by atoms with Crippen LogP contribution in [0.1, 0.15) is 51.8 Å². The quantitative estimate of drug-likeness (QED) is 0.793. The summed E-state index contributed by atoms with van der Waals surface area (Å²) in [5, 5.41) is 16.1. The first-order valence-electron chi connectivity index (χ1n) is 6.98. The van der Waals surface area contributed by atoms with E-state index in [-0.39, 0.29) is 29.3 Å². The van der Waals surface area contributed by atoms with Crippen molar-refractivity contribution < 1.29 is 9.90 Å². The minimum atomic E-state index is -0.329. The summed E-state index contributed by atoms with van der Waals surface area (Å²) < 4.78 is 0. The number of benzene rings is 1. The highest BCUT2D eigenvalue weighted by atomic mass is 16.3. The van der Waals surface area contributed by atoms with E-state index in [9.17, 15) is 9.90 Å². The Morgan fingerprint density at radius 1 is 1.25 bits per heavy atom. The van der Waals surface area contributed by atoms with Crippen LogP contribution < -0.4 is 10.6 Å². The maximum atomic E-state index is 12.0. The lowest BCUT2D eigenvalue weighted by atomic mass is 10.0. The molecule has 0 heterocycles. The molecule has 20 heavy (non-hydrogen) atoms. The number of phenolic OH excluding ortho intramolecular Hbond substituents is 1. The summed E-state index contributed by atoms with van der Waals surface area (Å²) in [5.74, 6) is 0.212. The predicted molar refractivity (Wildman–Crippen MR) is 81.8 cm³/mol. The SMILES string of the molecule is Cc1ccc(C(C)NC(C)C(=O)NC(C)(C)C)c(O)c1. The Hall–Kier alpha value is -1.55. The second kappa shape index (κ2) is 6.27. The molecule has 0 aromatic heterocycles. The van der Waals surface area contributed by atoms with Crippen molar-refractivity contribution in [3.05, 3.63) is 29.3 Å². The Bertz CT molecular complexity index is 478. The summed E-state index contributed by atoms with van der Waals surface area (Å²) in [6, 6.07) is 5.14. The van der Waals surface area contributed by atoms with Gasteiger partial charge in [-0.15, -0.1) is 0 Å². The first-order chi connectivity index (χ1) is 9.10. The highest BCUT2D eigenvalue weighted by Gasteiger charge is 2.21. The van der Waals surface area contributed by atoms with Crippen molar-refractivity contribution in [2.45, 2.75) is 59.2 Å². The number of aryl methyl sites for hydroxylation is 1. The number of carbonyl (C=O) groups is 1. The summed E-state index contributed by atoms with van der Waals surface area (Å²) >= 11 is 0. The smallest absolute Gasteiger partial charge is 0.237 e. The lowest BCUT2D eigenvalue weighted by Crippen LogP contribution is -2.49. The zero-order chi connectivity index (χ0) is 15.5. The minimum absolute atomic E-state index is 0.0454. The zero-order valence-corrected chi connectivity index (χ0v) is 13.2. The summed E-state index contributed by atoms with van der Waals surface area (Å²) in [7, 11) is 0. The van der Waals surface area contributed by atoms with Crippen molar-refractivity contribution in [2.24, 2.45) is 0 Å². The molecular weight excluding hydrogens is 252 g/mol. The van der Waals surface area contributed by atoms with Gasteiger partial charge < -0.3 is 10.4 Å². The van der Waals surface area contributed by atoms with E-state index in [0.717, 1.165) is 11.1 Å². The van der Waals surface area contributed by atoms with E-state index in [0.29, 0.717) is 0 Å². The molecule has 2 unspecified atom stereocenters. The fraction of sp³-hybridized carbons (Fsp3) is 0.562. The minimum Gasteiger partial charge on any atom is -0.508 e. The maximum absolute atomic E-state index is 12.0. The van der Waals surface area contributed by atoms with Gasteiger partial charge in [0.1, 0.15) is 5.75 Å². The van der Waals surface area contributed by atoms with Crippen LogP contribution in [0.5, 0.6) is 5.75 Å². The van der Waals surface area contributed by atoms with E-state index in [1.54, 1.807) is 6.07 Å². The number of hydrogen-bond donors (Lipinski definition) is 3. The van der Waals surface area contributed by atoms with Crippen molar-refractivity contribution in [1.82, 2.24) is 10.6 Å². The van der Waals surface area contributed by atoms with Crippen LogP contribution in [0.2, 0.25) is 0 Å². The van der Waals surface area contributed by atoms with E-state index in [1.807, 2.05) is 53.7 Å². The Morgan fingerprint density at radius 2 is 1.85 bits per heavy atom. The van der Waals surface area contributed by atoms with Crippen LogP contribution in [0.3, 0.4) is 0 Å². The molecule has 0 saturated heterocycles. The topological polar surface area (TPSA) is 61.4 Å². The van der Waals surface area contributed by atoms with Crippen molar-refractivity contribution in [1.29, 1.82) is 0 Å². The Morgan fingerprint density at radius 3 is 2.35 bits per heavy atom. The van der Waals surface area contributed by atoms with E-state index in [1.165, 1.54) is 0 Å². The number of nitrogens with one attached hydrogen (secondary N) is 2. The average Bonchev–Trinajstić information content (AvgIpc) is 2.26. The van der Waals surface area contributed by atoms with Gasteiger partial charge in [-0.3, -0.25) is 10.1 Å². The predicted octanol–water partition coefficient (Wildman–Crippen LogP) is 2.65. The second-order valence-electron chi connectivity index (χ2n) is 6.41. The van der Waals surface area contributed by atoms with E-state index >= 15 is 0 Å². The summed E-state index contributed by atoms with van der Waals surface area (Å²) in [4.78, 5) is 12.0. The first-order valence-corrected chi connectivity index (χ1v) is 6.98. The molecule has 0 bridgehead atoms. The molecule has 3 N–H and O–H groups in total. The van der Waals surface area contributed by atoms with Gasteiger partial charge in [0.15, 0.2) is 0 Å². The van der Waals surface area contributed by atoms with Crippen molar-refractivity contribution >= 4 is 5.91 Å². The molecule has 0 spiro atoms. The first kappa shape index (κ1) is 16.5. The molecule has 0 aliphatic heterocycles. The Labute approximate surface area is 121 Å². The molecule has 1 amide bonds. The molecule has 112 valence electrons. The molecule has 0 saturated carbocycles. The van der Waals surface area contributed by atoms with Crippen molar-refractivity contribution in [3.8, 4) is 5.75 Å². The Kier molecular flexibility index (Phi) is 5.17. The van der Waals surface area contributed by atoms with E-state index in [2.05, 4.69) is 10.6 Å². The van der Waals surface area contributed by atoms with Gasteiger partial charge >= 0.3 is 0 Å². The molecule has 1 rings (SSSR count).